The topological polar surface area (TPSA) is 24.9 Å². The molecular weight excluding hydrogens is 228 g/mol. The quantitative estimate of drug-likeness (QED) is 0.888. The van der Waals surface area contributed by atoms with E-state index < -0.39 is 0 Å². The molecule has 0 radical (unpaired) electrons. The van der Waals surface area contributed by atoms with Crippen LogP contribution in [0.2, 0.25) is 0 Å². The highest BCUT2D eigenvalue weighted by atomic mass is 32.2. The van der Waals surface area contributed by atoms with Gasteiger partial charge in [0, 0.05) is 24.0 Å². The van der Waals surface area contributed by atoms with Gasteiger partial charge in [-0.25, -0.2) is 0 Å². The summed E-state index contributed by atoms with van der Waals surface area (Å²) in [6.07, 6.45) is 9.53. The fraction of sp³-hybridized carbons (Fsp3) is 0.643. The van der Waals surface area contributed by atoms with E-state index in [1.54, 1.807) is 0 Å². The van der Waals surface area contributed by atoms with Gasteiger partial charge in [-0.3, -0.25) is 4.98 Å². The van der Waals surface area contributed by atoms with E-state index in [-0.39, 0.29) is 0 Å². The van der Waals surface area contributed by atoms with Crippen molar-refractivity contribution in [3.8, 4) is 0 Å². The lowest BCUT2D eigenvalue weighted by Gasteiger charge is -2.28. The maximum atomic E-state index is 4.43. The lowest BCUT2D eigenvalue weighted by Crippen LogP contribution is -2.33. The van der Waals surface area contributed by atoms with E-state index in [9.17, 15) is 0 Å². The van der Waals surface area contributed by atoms with Crippen LogP contribution >= 0.6 is 11.8 Å². The van der Waals surface area contributed by atoms with Crippen LogP contribution in [0.1, 0.15) is 36.9 Å². The van der Waals surface area contributed by atoms with Crippen LogP contribution in [-0.2, 0) is 6.54 Å². The van der Waals surface area contributed by atoms with Gasteiger partial charge in [0.25, 0.3) is 0 Å². The van der Waals surface area contributed by atoms with Crippen LogP contribution in [0.15, 0.2) is 18.3 Å². The van der Waals surface area contributed by atoms with Gasteiger partial charge in [0.1, 0.15) is 0 Å². The third-order valence-electron chi connectivity index (χ3n) is 3.55. The maximum absolute atomic E-state index is 4.43. The Morgan fingerprint density at radius 3 is 2.65 bits per heavy atom. The number of aromatic nitrogens is 1. The molecule has 1 aliphatic rings. The SMILES string of the molecule is CSC1CCC(NCc2ccc(C)cn2)CC1. The van der Waals surface area contributed by atoms with Crippen LogP contribution in [0, 0.1) is 6.92 Å². The Morgan fingerprint density at radius 1 is 1.29 bits per heavy atom. The number of nitrogens with one attached hydrogen (secondary N) is 1. The van der Waals surface area contributed by atoms with E-state index in [4.69, 9.17) is 0 Å². The lowest BCUT2D eigenvalue weighted by molar-refractivity contribution is 0.377. The van der Waals surface area contributed by atoms with Gasteiger partial charge in [-0.2, -0.15) is 11.8 Å². The molecule has 1 heterocycles. The van der Waals surface area contributed by atoms with E-state index in [0.29, 0.717) is 6.04 Å². The Kier molecular flexibility index (Phi) is 4.86. The van der Waals surface area contributed by atoms with Gasteiger partial charge >= 0.3 is 0 Å². The Balaban J connectivity index is 1.74. The van der Waals surface area contributed by atoms with Crippen molar-refractivity contribution >= 4 is 11.8 Å². The molecule has 2 nitrogen and oxygen atoms in total. The third-order valence-corrected chi connectivity index (χ3v) is 4.69. The molecule has 0 amide bonds. The Hall–Kier alpha value is -0.540. The molecule has 1 aromatic heterocycles. The van der Waals surface area contributed by atoms with Gasteiger partial charge in [-0.05, 0) is 50.5 Å². The number of rotatable bonds is 4. The summed E-state index contributed by atoms with van der Waals surface area (Å²) in [5.74, 6) is 0. The van der Waals surface area contributed by atoms with Crippen LogP contribution in [0.5, 0.6) is 0 Å². The van der Waals surface area contributed by atoms with Gasteiger partial charge in [-0.15, -0.1) is 0 Å². The molecule has 0 aromatic carbocycles. The van der Waals surface area contributed by atoms with Gasteiger partial charge in [-0.1, -0.05) is 6.07 Å². The van der Waals surface area contributed by atoms with Gasteiger partial charge in [0.05, 0.1) is 5.69 Å². The Morgan fingerprint density at radius 2 is 2.06 bits per heavy atom. The van der Waals surface area contributed by atoms with E-state index >= 15 is 0 Å². The molecule has 0 aliphatic heterocycles. The molecule has 2 rings (SSSR count). The average molecular weight is 250 g/mol. The first kappa shape index (κ1) is 12.9. The highest BCUT2D eigenvalue weighted by molar-refractivity contribution is 7.99. The van der Waals surface area contributed by atoms with E-state index in [1.807, 2.05) is 18.0 Å². The zero-order valence-electron chi connectivity index (χ0n) is 10.8. The van der Waals surface area contributed by atoms with Crippen molar-refractivity contribution in [2.75, 3.05) is 6.26 Å². The van der Waals surface area contributed by atoms with Crippen molar-refractivity contribution < 1.29 is 0 Å². The second kappa shape index (κ2) is 6.41. The molecule has 0 bridgehead atoms. The average Bonchev–Trinajstić information content (AvgIpc) is 2.39. The number of aryl methyl sites for hydroxylation is 1. The minimum atomic E-state index is 0.696. The number of pyridine rings is 1. The smallest absolute Gasteiger partial charge is 0.0541 e. The second-order valence-electron chi connectivity index (χ2n) is 4.92. The first-order chi connectivity index (χ1) is 8.28. The summed E-state index contributed by atoms with van der Waals surface area (Å²) >= 11 is 2.02. The molecule has 1 fully saturated rings. The second-order valence-corrected chi connectivity index (χ2v) is 6.06. The van der Waals surface area contributed by atoms with Crippen LogP contribution in [0.3, 0.4) is 0 Å². The summed E-state index contributed by atoms with van der Waals surface area (Å²) in [5.41, 5.74) is 2.39. The summed E-state index contributed by atoms with van der Waals surface area (Å²) in [4.78, 5) is 4.43. The van der Waals surface area contributed by atoms with E-state index in [2.05, 4.69) is 35.6 Å². The number of thioether (sulfide) groups is 1. The van der Waals surface area contributed by atoms with Crippen molar-refractivity contribution in [1.29, 1.82) is 0 Å². The zero-order valence-corrected chi connectivity index (χ0v) is 11.6. The summed E-state index contributed by atoms with van der Waals surface area (Å²) in [5, 5.41) is 4.52. The molecule has 1 saturated carbocycles. The molecule has 17 heavy (non-hydrogen) atoms. The molecule has 1 aliphatic carbocycles. The molecule has 0 atom stereocenters. The Bertz CT molecular complexity index is 329. The van der Waals surface area contributed by atoms with Gasteiger partial charge < -0.3 is 5.32 Å². The highest BCUT2D eigenvalue weighted by Gasteiger charge is 2.19. The van der Waals surface area contributed by atoms with Crippen molar-refractivity contribution in [2.24, 2.45) is 0 Å². The third kappa shape index (κ3) is 4.00. The Labute approximate surface area is 109 Å². The van der Waals surface area contributed by atoms with Gasteiger partial charge in [0.2, 0.25) is 0 Å². The first-order valence-corrected chi connectivity index (χ1v) is 7.74. The van der Waals surface area contributed by atoms with Crippen molar-refractivity contribution in [3.63, 3.8) is 0 Å². The van der Waals surface area contributed by atoms with Crippen LogP contribution < -0.4 is 5.32 Å². The molecule has 94 valence electrons. The predicted molar refractivity (Wildman–Crippen MR) is 75.4 cm³/mol. The molecule has 1 aromatic rings. The lowest BCUT2D eigenvalue weighted by atomic mass is 9.95. The van der Waals surface area contributed by atoms with Crippen LogP contribution in [0.4, 0.5) is 0 Å². The number of hydrogen-bond donors (Lipinski definition) is 1. The maximum Gasteiger partial charge on any atom is 0.0541 e. The monoisotopic (exact) mass is 250 g/mol. The van der Waals surface area contributed by atoms with Gasteiger partial charge in [0.15, 0.2) is 0 Å². The number of nitrogens with zero attached hydrogens (tertiary/aromatic N) is 1. The predicted octanol–water partition coefficient (Wildman–Crippen LogP) is 3.15. The van der Waals surface area contributed by atoms with Crippen LogP contribution in [-0.4, -0.2) is 22.5 Å². The largest absolute Gasteiger partial charge is 0.308 e. The van der Waals surface area contributed by atoms with Crippen LogP contribution in [0.25, 0.3) is 0 Å². The van der Waals surface area contributed by atoms with E-state index in [1.165, 1.54) is 31.2 Å². The summed E-state index contributed by atoms with van der Waals surface area (Å²) < 4.78 is 0. The van der Waals surface area contributed by atoms with Crippen molar-refractivity contribution in [1.82, 2.24) is 10.3 Å². The molecule has 0 saturated heterocycles. The molecule has 1 N–H and O–H groups in total. The molecule has 0 spiro atoms. The molecule has 0 unspecified atom stereocenters. The standard InChI is InChI=1S/C14H22N2S/c1-11-3-4-13(15-9-11)10-16-12-5-7-14(17-2)8-6-12/h3-4,9,12,14,16H,5-8,10H2,1-2H3. The summed E-state index contributed by atoms with van der Waals surface area (Å²) in [6.45, 7) is 2.99. The minimum absolute atomic E-state index is 0.696. The normalized spacial score (nSPS) is 24.8. The fourth-order valence-electron chi connectivity index (χ4n) is 2.35. The van der Waals surface area contributed by atoms with Crippen molar-refractivity contribution in [3.05, 3.63) is 29.6 Å². The first-order valence-electron chi connectivity index (χ1n) is 6.45. The molecule has 3 heteroatoms. The fourth-order valence-corrected chi connectivity index (χ4v) is 3.10. The van der Waals surface area contributed by atoms with Crippen molar-refractivity contribution in [2.45, 2.75) is 50.4 Å². The van der Waals surface area contributed by atoms with E-state index in [0.717, 1.165) is 17.5 Å². The molecular formula is C14H22N2S. The highest BCUT2D eigenvalue weighted by Crippen LogP contribution is 2.26. The number of hydrogen-bond acceptors (Lipinski definition) is 3. The minimum Gasteiger partial charge on any atom is -0.308 e. The summed E-state index contributed by atoms with van der Waals surface area (Å²) in [7, 11) is 0. The zero-order chi connectivity index (χ0) is 12.1. The summed E-state index contributed by atoms with van der Waals surface area (Å²) in [6, 6.07) is 4.95.